The monoisotopic (exact) mass is 239 g/mol. The van der Waals surface area contributed by atoms with Crippen LogP contribution in [0.15, 0.2) is 6.20 Å². The summed E-state index contributed by atoms with van der Waals surface area (Å²) in [6.45, 7) is 0.973. The SMILES string of the molecule is CCC(O)c1cn(CC(O)C(F)(F)F)nn1. The summed E-state index contributed by atoms with van der Waals surface area (Å²) in [7, 11) is 0. The van der Waals surface area contributed by atoms with Gasteiger partial charge in [0, 0.05) is 0 Å². The van der Waals surface area contributed by atoms with Crippen molar-refractivity contribution in [3.05, 3.63) is 11.9 Å². The van der Waals surface area contributed by atoms with Crippen molar-refractivity contribution in [3.8, 4) is 0 Å². The van der Waals surface area contributed by atoms with E-state index in [1.807, 2.05) is 0 Å². The summed E-state index contributed by atoms with van der Waals surface area (Å²) in [4.78, 5) is 0. The van der Waals surface area contributed by atoms with Gasteiger partial charge in [-0.05, 0) is 6.42 Å². The number of hydrogen-bond acceptors (Lipinski definition) is 4. The number of aromatic nitrogens is 3. The molecule has 0 aromatic carbocycles. The number of halogens is 3. The van der Waals surface area contributed by atoms with Crippen molar-refractivity contribution in [1.82, 2.24) is 15.0 Å². The summed E-state index contributed by atoms with van der Waals surface area (Å²) in [6, 6.07) is 0. The molecule has 16 heavy (non-hydrogen) atoms. The second-order valence-corrected chi connectivity index (χ2v) is 3.35. The van der Waals surface area contributed by atoms with Gasteiger partial charge in [-0.3, -0.25) is 0 Å². The van der Waals surface area contributed by atoms with E-state index in [4.69, 9.17) is 5.11 Å². The number of nitrogens with zero attached hydrogens (tertiary/aromatic N) is 3. The highest BCUT2D eigenvalue weighted by Crippen LogP contribution is 2.21. The van der Waals surface area contributed by atoms with Crippen molar-refractivity contribution < 1.29 is 23.4 Å². The van der Waals surface area contributed by atoms with Crippen molar-refractivity contribution in [2.75, 3.05) is 0 Å². The third-order valence-corrected chi connectivity index (χ3v) is 2.02. The second-order valence-electron chi connectivity index (χ2n) is 3.35. The van der Waals surface area contributed by atoms with E-state index >= 15 is 0 Å². The molecule has 0 saturated carbocycles. The highest BCUT2D eigenvalue weighted by Gasteiger charge is 2.38. The van der Waals surface area contributed by atoms with Crippen molar-refractivity contribution in [2.45, 2.75) is 38.3 Å². The fourth-order valence-corrected chi connectivity index (χ4v) is 1.05. The van der Waals surface area contributed by atoms with Gasteiger partial charge >= 0.3 is 6.18 Å². The van der Waals surface area contributed by atoms with Crippen LogP contribution in [0.1, 0.15) is 25.1 Å². The molecule has 8 heteroatoms. The molecule has 92 valence electrons. The van der Waals surface area contributed by atoms with Gasteiger partial charge in [0.15, 0.2) is 6.10 Å². The van der Waals surface area contributed by atoms with Gasteiger partial charge < -0.3 is 10.2 Å². The van der Waals surface area contributed by atoms with Crippen molar-refractivity contribution in [2.24, 2.45) is 0 Å². The molecule has 2 atom stereocenters. The maximum atomic E-state index is 12.0. The average molecular weight is 239 g/mol. The molecule has 1 aromatic heterocycles. The Morgan fingerprint density at radius 3 is 2.56 bits per heavy atom. The van der Waals surface area contributed by atoms with E-state index in [1.165, 1.54) is 6.20 Å². The number of hydrogen-bond donors (Lipinski definition) is 2. The maximum absolute atomic E-state index is 12.0. The third-order valence-electron chi connectivity index (χ3n) is 2.02. The topological polar surface area (TPSA) is 71.2 Å². The lowest BCUT2D eigenvalue weighted by Gasteiger charge is -2.13. The Hall–Kier alpha value is -1.15. The molecule has 0 saturated heterocycles. The van der Waals surface area contributed by atoms with E-state index in [-0.39, 0.29) is 5.69 Å². The van der Waals surface area contributed by atoms with E-state index in [0.29, 0.717) is 6.42 Å². The Bertz CT molecular complexity index is 340. The lowest BCUT2D eigenvalue weighted by Crippen LogP contribution is -2.32. The van der Waals surface area contributed by atoms with Crippen LogP contribution >= 0.6 is 0 Å². The van der Waals surface area contributed by atoms with Gasteiger partial charge in [0.25, 0.3) is 0 Å². The Kier molecular flexibility index (Phi) is 3.87. The standard InChI is InChI=1S/C8H12F3N3O2/c1-2-6(15)5-3-14(13-12-5)4-7(16)8(9,10)11/h3,6-7,15-16H,2,4H2,1H3. The third kappa shape index (κ3) is 3.17. The highest BCUT2D eigenvalue weighted by atomic mass is 19.4. The molecule has 5 nitrogen and oxygen atoms in total. The molecule has 2 unspecified atom stereocenters. The first-order valence-electron chi connectivity index (χ1n) is 4.67. The summed E-state index contributed by atoms with van der Waals surface area (Å²) in [6.07, 6.45) is -6.45. The van der Waals surface area contributed by atoms with Crippen LogP contribution in [0.5, 0.6) is 0 Å². The second kappa shape index (κ2) is 4.79. The Morgan fingerprint density at radius 2 is 2.06 bits per heavy atom. The quantitative estimate of drug-likeness (QED) is 0.809. The minimum absolute atomic E-state index is 0.192. The fourth-order valence-electron chi connectivity index (χ4n) is 1.05. The van der Waals surface area contributed by atoms with Gasteiger partial charge in [-0.2, -0.15) is 13.2 Å². The van der Waals surface area contributed by atoms with Gasteiger partial charge in [0.2, 0.25) is 0 Å². The number of rotatable bonds is 4. The first kappa shape index (κ1) is 12.9. The van der Waals surface area contributed by atoms with Crippen LogP contribution in [-0.4, -0.2) is 37.5 Å². The van der Waals surface area contributed by atoms with E-state index in [1.54, 1.807) is 6.92 Å². The molecule has 0 bridgehead atoms. The summed E-state index contributed by atoms with van der Waals surface area (Å²) in [5.74, 6) is 0. The molecule has 1 heterocycles. The Morgan fingerprint density at radius 1 is 1.44 bits per heavy atom. The van der Waals surface area contributed by atoms with E-state index < -0.39 is 24.9 Å². The van der Waals surface area contributed by atoms with Crippen molar-refractivity contribution in [3.63, 3.8) is 0 Å². The smallest absolute Gasteiger partial charge is 0.387 e. The molecule has 0 fully saturated rings. The molecule has 0 aliphatic rings. The summed E-state index contributed by atoms with van der Waals surface area (Å²) in [5.41, 5.74) is 0.192. The minimum atomic E-state index is -4.69. The molecule has 2 N–H and O–H groups in total. The van der Waals surface area contributed by atoms with Crippen LogP contribution in [0.4, 0.5) is 13.2 Å². The van der Waals surface area contributed by atoms with E-state index in [2.05, 4.69) is 10.3 Å². The lowest BCUT2D eigenvalue weighted by molar-refractivity contribution is -0.208. The highest BCUT2D eigenvalue weighted by molar-refractivity contribution is 4.96. The van der Waals surface area contributed by atoms with Gasteiger partial charge in [0.1, 0.15) is 5.69 Å². The normalized spacial score (nSPS) is 16.1. The summed E-state index contributed by atoms with van der Waals surface area (Å²) < 4.78 is 36.9. The van der Waals surface area contributed by atoms with Gasteiger partial charge in [-0.25, -0.2) is 4.68 Å². The molecule has 0 amide bonds. The average Bonchev–Trinajstić information content (AvgIpc) is 2.63. The van der Waals surface area contributed by atoms with Crippen LogP contribution < -0.4 is 0 Å². The van der Waals surface area contributed by atoms with E-state index in [0.717, 1.165) is 4.68 Å². The largest absolute Gasteiger partial charge is 0.416 e. The molecule has 0 aliphatic heterocycles. The zero-order valence-electron chi connectivity index (χ0n) is 8.52. The lowest BCUT2D eigenvalue weighted by atomic mass is 10.2. The predicted octanol–water partition coefficient (Wildman–Crippen LogP) is 0.645. The first-order chi connectivity index (χ1) is 7.34. The predicted molar refractivity (Wildman–Crippen MR) is 47.3 cm³/mol. The zero-order valence-corrected chi connectivity index (χ0v) is 8.52. The number of aliphatic hydroxyl groups is 2. The molecule has 0 spiro atoms. The van der Waals surface area contributed by atoms with Crippen molar-refractivity contribution in [1.29, 1.82) is 0 Å². The van der Waals surface area contributed by atoms with Crippen LogP contribution in [0.3, 0.4) is 0 Å². The summed E-state index contributed by atoms with van der Waals surface area (Å²) in [5, 5.41) is 25.0. The number of aliphatic hydroxyl groups excluding tert-OH is 2. The summed E-state index contributed by atoms with van der Waals surface area (Å²) >= 11 is 0. The van der Waals surface area contributed by atoms with Gasteiger partial charge in [-0.1, -0.05) is 12.1 Å². The van der Waals surface area contributed by atoms with Crippen LogP contribution in [0.2, 0.25) is 0 Å². The number of alkyl halides is 3. The van der Waals surface area contributed by atoms with Gasteiger partial charge in [0.05, 0.1) is 18.8 Å². The molecular formula is C8H12F3N3O2. The van der Waals surface area contributed by atoms with E-state index in [9.17, 15) is 18.3 Å². The van der Waals surface area contributed by atoms with Gasteiger partial charge in [-0.15, -0.1) is 5.10 Å². The molecule has 0 radical (unpaired) electrons. The first-order valence-corrected chi connectivity index (χ1v) is 4.67. The molecule has 0 aliphatic carbocycles. The van der Waals surface area contributed by atoms with Crippen molar-refractivity contribution >= 4 is 0 Å². The minimum Gasteiger partial charge on any atom is -0.387 e. The maximum Gasteiger partial charge on any atom is 0.416 e. The zero-order chi connectivity index (χ0) is 12.3. The molecule has 1 rings (SSSR count). The van der Waals surface area contributed by atoms with Crippen LogP contribution in [0.25, 0.3) is 0 Å². The fraction of sp³-hybridized carbons (Fsp3) is 0.750. The Balaban J connectivity index is 2.66. The Labute approximate surface area is 89.5 Å². The van der Waals surface area contributed by atoms with Crippen LogP contribution in [-0.2, 0) is 6.54 Å². The molecular weight excluding hydrogens is 227 g/mol. The molecule has 1 aromatic rings. The van der Waals surface area contributed by atoms with Crippen LogP contribution in [0, 0.1) is 0 Å².